The van der Waals surface area contributed by atoms with E-state index in [0.717, 1.165) is 36.1 Å². The van der Waals surface area contributed by atoms with Gasteiger partial charge in [0.2, 0.25) is 5.91 Å². The van der Waals surface area contributed by atoms with Gasteiger partial charge in [-0.05, 0) is 50.8 Å². The molecule has 0 atom stereocenters. The Bertz CT molecular complexity index is 1020. The maximum absolute atomic E-state index is 12.4. The lowest BCUT2D eigenvalue weighted by Gasteiger charge is -2.30. The Labute approximate surface area is 190 Å². The van der Waals surface area contributed by atoms with Gasteiger partial charge < -0.3 is 14.2 Å². The Hall–Kier alpha value is -2.13. The molecule has 31 heavy (non-hydrogen) atoms. The molecule has 7 nitrogen and oxygen atoms in total. The van der Waals surface area contributed by atoms with Crippen LogP contribution in [-0.2, 0) is 20.9 Å². The number of likely N-dealkylation sites (tertiary alicyclic amines) is 1. The maximum Gasteiger partial charge on any atom is 0.338 e. The van der Waals surface area contributed by atoms with Crippen molar-refractivity contribution >= 4 is 51.1 Å². The third kappa shape index (κ3) is 5.98. The Kier molecular flexibility index (Phi) is 8.31. The van der Waals surface area contributed by atoms with E-state index in [1.165, 1.54) is 23.1 Å². The summed E-state index contributed by atoms with van der Waals surface area (Å²) in [5.41, 5.74) is 1.41. The number of carbonyl (C=O) groups is 3. The number of carbonyl (C=O) groups excluding carboxylic acids is 3. The van der Waals surface area contributed by atoms with Crippen molar-refractivity contribution in [1.29, 1.82) is 0 Å². The molecule has 2 amide bonds. The highest BCUT2D eigenvalue weighted by Gasteiger charge is 2.20. The first-order chi connectivity index (χ1) is 14.9. The molecule has 2 aromatic rings. The highest BCUT2D eigenvalue weighted by atomic mass is 32.2. The highest BCUT2D eigenvalue weighted by Crippen LogP contribution is 2.20. The Balaban J connectivity index is 1.65. The van der Waals surface area contributed by atoms with Crippen LogP contribution >= 0.6 is 23.1 Å². The first-order valence-corrected chi connectivity index (χ1v) is 12.6. The first-order valence-electron chi connectivity index (χ1n) is 10.7. The van der Waals surface area contributed by atoms with E-state index in [1.807, 2.05) is 22.5 Å². The fourth-order valence-corrected chi connectivity index (χ4v) is 5.37. The molecule has 1 aliphatic rings. The zero-order valence-corrected chi connectivity index (χ0v) is 19.9. The second-order valence-corrected chi connectivity index (χ2v) is 9.59. The molecule has 9 heteroatoms. The van der Waals surface area contributed by atoms with E-state index in [0.29, 0.717) is 35.2 Å². The number of benzene rings is 1. The molecule has 168 valence electrons. The van der Waals surface area contributed by atoms with Crippen LogP contribution in [0.15, 0.2) is 23.2 Å². The molecule has 1 saturated heterocycles. The van der Waals surface area contributed by atoms with Crippen LogP contribution in [0.2, 0.25) is 0 Å². The number of nitrogens with zero attached hydrogens (tertiary/aromatic N) is 3. The topological polar surface area (TPSA) is 81.0 Å². The molecule has 0 N–H and O–H groups in total. The largest absolute Gasteiger partial charge is 0.462 e. The number of piperidine rings is 1. The van der Waals surface area contributed by atoms with Gasteiger partial charge in [-0.1, -0.05) is 18.3 Å². The molecular weight excluding hydrogens is 434 g/mol. The summed E-state index contributed by atoms with van der Waals surface area (Å²) in [6.07, 6.45) is 2.09. The summed E-state index contributed by atoms with van der Waals surface area (Å²) in [7, 11) is 0. The van der Waals surface area contributed by atoms with Crippen molar-refractivity contribution in [2.24, 2.45) is 10.9 Å². The van der Waals surface area contributed by atoms with Crippen molar-refractivity contribution < 1.29 is 19.1 Å². The van der Waals surface area contributed by atoms with E-state index in [9.17, 15) is 14.4 Å². The number of ether oxygens (including phenoxy) is 1. The van der Waals surface area contributed by atoms with Crippen molar-refractivity contribution in [3.05, 3.63) is 28.6 Å². The van der Waals surface area contributed by atoms with Crippen molar-refractivity contribution in [2.45, 2.75) is 40.2 Å². The van der Waals surface area contributed by atoms with Gasteiger partial charge in [-0.25, -0.2) is 4.79 Å². The SMILES string of the molecule is CCOC(=O)c1ccc2c(c1)sc(=NC(=O)CSCC(=O)N1CCC(C)CC1)n2CC. The summed E-state index contributed by atoms with van der Waals surface area (Å²) in [5, 5.41) is 0. The minimum absolute atomic E-state index is 0.0988. The van der Waals surface area contributed by atoms with Gasteiger partial charge in [-0.2, -0.15) is 4.99 Å². The Morgan fingerprint density at radius 1 is 1.19 bits per heavy atom. The number of esters is 1. The van der Waals surface area contributed by atoms with Gasteiger partial charge in [-0.15, -0.1) is 11.8 Å². The van der Waals surface area contributed by atoms with Gasteiger partial charge in [0.1, 0.15) is 0 Å². The summed E-state index contributed by atoms with van der Waals surface area (Å²) in [6, 6.07) is 5.37. The van der Waals surface area contributed by atoms with E-state index < -0.39 is 0 Å². The monoisotopic (exact) mass is 463 g/mol. The van der Waals surface area contributed by atoms with Gasteiger partial charge in [0.05, 0.1) is 33.9 Å². The second kappa shape index (κ2) is 10.9. The van der Waals surface area contributed by atoms with Crippen LogP contribution in [0.4, 0.5) is 0 Å². The molecule has 1 aromatic heterocycles. The molecule has 2 heterocycles. The number of rotatable bonds is 7. The number of amides is 2. The Morgan fingerprint density at radius 2 is 1.94 bits per heavy atom. The summed E-state index contributed by atoms with van der Waals surface area (Å²) in [4.78, 5) is 43.5. The molecule has 0 spiro atoms. The molecule has 1 fully saturated rings. The molecule has 0 saturated carbocycles. The van der Waals surface area contributed by atoms with Crippen LogP contribution in [0, 0.1) is 5.92 Å². The van der Waals surface area contributed by atoms with Crippen LogP contribution in [0.1, 0.15) is 44.0 Å². The predicted molar refractivity (Wildman–Crippen MR) is 124 cm³/mol. The van der Waals surface area contributed by atoms with E-state index in [4.69, 9.17) is 4.74 Å². The number of fused-ring (bicyclic) bond motifs is 1. The van der Waals surface area contributed by atoms with Crippen LogP contribution in [-0.4, -0.2) is 58.5 Å². The fraction of sp³-hybridized carbons (Fsp3) is 0.545. The lowest BCUT2D eigenvalue weighted by Crippen LogP contribution is -2.39. The minimum atomic E-state index is -0.361. The van der Waals surface area contributed by atoms with E-state index in [1.54, 1.807) is 19.1 Å². The molecule has 0 aliphatic carbocycles. The number of hydrogen-bond donors (Lipinski definition) is 0. The number of hydrogen-bond acceptors (Lipinski definition) is 6. The average molecular weight is 464 g/mol. The summed E-state index contributed by atoms with van der Waals surface area (Å²) >= 11 is 2.69. The zero-order valence-electron chi connectivity index (χ0n) is 18.3. The number of aromatic nitrogens is 1. The second-order valence-electron chi connectivity index (χ2n) is 7.59. The number of thioether (sulfide) groups is 1. The molecule has 3 rings (SSSR count). The first kappa shape index (κ1) is 23.5. The smallest absolute Gasteiger partial charge is 0.338 e. The maximum atomic E-state index is 12.4. The van der Waals surface area contributed by atoms with Gasteiger partial charge in [0.15, 0.2) is 4.80 Å². The number of thiazole rings is 1. The van der Waals surface area contributed by atoms with Gasteiger partial charge in [-0.3, -0.25) is 9.59 Å². The lowest BCUT2D eigenvalue weighted by molar-refractivity contribution is -0.129. The van der Waals surface area contributed by atoms with Crippen LogP contribution in [0.5, 0.6) is 0 Å². The van der Waals surface area contributed by atoms with Crippen molar-refractivity contribution in [2.75, 3.05) is 31.2 Å². The quantitative estimate of drug-likeness (QED) is 0.589. The molecule has 0 bridgehead atoms. The van der Waals surface area contributed by atoms with Crippen molar-refractivity contribution in [3.63, 3.8) is 0 Å². The molecule has 1 aliphatic heterocycles. The summed E-state index contributed by atoms with van der Waals surface area (Å²) in [5.74, 6) is 0.628. The predicted octanol–water partition coefficient (Wildman–Crippen LogP) is 3.32. The third-order valence-electron chi connectivity index (χ3n) is 5.32. The normalized spacial score (nSPS) is 15.5. The van der Waals surface area contributed by atoms with Crippen molar-refractivity contribution in [3.8, 4) is 0 Å². The Morgan fingerprint density at radius 3 is 2.61 bits per heavy atom. The minimum Gasteiger partial charge on any atom is -0.462 e. The van der Waals surface area contributed by atoms with Crippen LogP contribution < -0.4 is 4.80 Å². The van der Waals surface area contributed by atoms with Gasteiger partial charge in [0.25, 0.3) is 5.91 Å². The zero-order chi connectivity index (χ0) is 22.4. The molecular formula is C22H29N3O4S2. The van der Waals surface area contributed by atoms with E-state index in [-0.39, 0.29) is 23.5 Å². The average Bonchev–Trinajstić information content (AvgIpc) is 3.10. The van der Waals surface area contributed by atoms with Crippen molar-refractivity contribution in [1.82, 2.24) is 9.47 Å². The molecule has 0 unspecified atom stereocenters. The highest BCUT2D eigenvalue weighted by molar-refractivity contribution is 8.00. The van der Waals surface area contributed by atoms with Crippen LogP contribution in [0.3, 0.4) is 0 Å². The summed E-state index contributed by atoms with van der Waals surface area (Å²) in [6.45, 7) is 8.57. The summed E-state index contributed by atoms with van der Waals surface area (Å²) < 4.78 is 7.90. The molecule has 0 radical (unpaired) electrons. The third-order valence-corrected chi connectivity index (χ3v) is 7.26. The van der Waals surface area contributed by atoms with E-state index in [2.05, 4.69) is 11.9 Å². The van der Waals surface area contributed by atoms with Crippen LogP contribution in [0.25, 0.3) is 10.2 Å². The molecule has 1 aromatic carbocycles. The standard InChI is InChI=1S/C22H29N3O4S2/c1-4-25-17-7-6-16(21(28)29-5-2)12-18(17)31-22(25)23-19(26)13-30-14-20(27)24-10-8-15(3)9-11-24/h6-7,12,15H,4-5,8-11,13-14H2,1-3H3. The number of aryl methyl sites for hydroxylation is 1. The van der Waals surface area contributed by atoms with Gasteiger partial charge in [0, 0.05) is 19.6 Å². The fourth-order valence-electron chi connectivity index (χ4n) is 3.52. The lowest BCUT2D eigenvalue weighted by atomic mass is 9.99. The van der Waals surface area contributed by atoms with E-state index >= 15 is 0 Å². The van der Waals surface area contributed by atoms with Gasteiger partial charge >= 0.3 is 5.97 Å².